The van der Waals surface area contributed by atoms with E-state index >= 15 is 0 Å². The Morgan fingerprint density at radius 2 is 1.90 bits per heavy atom. The number of fused-ring (bicyclic) bond motifs is 1. The number of hydrogen-bond donors (Lipinski definition) is 0. The average Bonchev–Trinajstić information content (AvgIpc) is 2.82. The standard InChI is InChI=1S/C16H11ClFNOS/c17-16-12-6-2-4-8-14(12)21-15(16)9-19-20-10-11-5-1-3-7-13(11)18/h1-9H,10H2/b19-9-. The molecule has 0 spiro atoms. The second-order valence-corrected chi connectivity index (χ2v) is 5.84. The summed E-state index contributed by atoms with van der Waals surface area (Å²) in [6, 6.07) is 14.3. The number of oxime groups is 1. The van der Waals surface area contributed by atoms with E-state index < -0.39 is 0 Å². The van der Waals surface area contributed by atoms with Crippen LogP contribution in [0.1, 0.15) is 10.4 Å². The molecular formula is C16H11ClFNOS. The van der Waals surface area contributed by atoms with Gasteiger partial charge in [-0.2, -0.15) is 0 Å². The minimum Gasteiger partial charge on any atom is -0.391 e. The molecule has 0 aliphatic rings. The summed E-state index contributed by atoms with van der Waals surface area (Å²) in [6.07, 6.45) is 1.56. The van der Waals surface area contributed by atoms with Crippen LogP contribution >= 0.6 is 22.9 Å². The van der Waals surface area contributed by atoms with E-state index in [0.29, 0.717) is 10.6 Å². The van der Waals surface area contributed by atoms with Gasteiger partial charge in [-0.3, -0.25) is 0 Å². The van der Waals surface area contributed by atoms with Crippen molar-refractivity contribution in [2.24, 2.45) is 5.16 Å². The lowest BCUT2D eigenvalue weighted by Crippen LogP contribution is -1.91. The zero-order chi connectivity index (χ0) is 14.7. The van der Waals surface area contributed by atoms with Gasteiger partial charge in [0.05, 0.1) is 16.1 Å². The zero-order valence-electron chi connectivity index (χ0n) is 10.9. The minimum absolute atomic E-state index is 0.0890. The quantitative estimate of drug-likeness (QED) is 0.476. The van der Waals surface area contributed by atoms with Gasteiger partial charge in [0.15, 0.2) is 0 Å². The molecule has 0 aliphatic heterocycles. The summed E-state index contributed by atoms with van der Waals surface area (Å²) >= 11 is 7.82. The van der Waals surface area contributed by atoms with E-state index in [-0.39, 0.29) is 12.4 Å². The van der Waals surface area contributed by atoms with Gasteiger partial charge >= 0.3 is 0 Å². The molecule has 21 heavy (non-hydrogen) atoms. The van der Waals surface area contributed by atoms with E-state index in [2.05, 4.69) is 5.16 Å². The van der Waals surface area contributed by atoms with Crippen molar-refractivity contribution in [2.75, 3.05) is 0 Å². The highest BCUT2D eigenvalue weighted by atomic mass is 35.5. The molecule has 1 aromatic heterocycles. The fraction of sp³-hybridized carbons (Fsp3) is 0.0625. The molecule has 0 atom stereocenters. The first-order chi connectivity index (χ1) is 10.3. The van der Waals surface area contributed by atoms with Crippen LogP contribution in [0.15, 0.2) is 53.7 Å². The molecule has 0 bridgehead atoms. The molecule has 0 saturated heterocycles. The summed E-state index contributed by atoms with van der Waals surface area (Å²) in [7, 11) is 0. The monoisotopic (exact) mass is 319 g/mol. The Hall–Kier alpha value is -1.91. The third-order valence-electron chi connectivity index (χ3n) is 2.98. The number of halogens is 2. The third kappa shape index (κ3) is 3.06. The number of hydrogen-bond acceptors (Lipinski definition) is 3. The summed E-state index contributed by atoms with van der Waals surface area (Å²) in [5, 5.41) is 5.53. The molecular weight excluding hydrogens is 309 g/mol. The smallest absolute Gasteiger partial charge is 0.145 e. The van der Waals surface area contributed by atoms with Crippen molar-refractivity contribution in [3.8, 4) is 0 Å². The van der Waals surface area contributed by atoms with Crippen LogP contribution in [0.5, 0.6) is 0 Å². The number of nitrogens with zero attached hydrogens (tertiary/aromatic N) is 1. The van der Waals surface area contributed by atoms with Gasteiger partial charge < -0.3 is 4.84 Å². The predicted molar refractivity (Wildman–Crippen MR) is 85.6 cm³/mol. The molecule has 0 fully saturated rings. The Bertz CT molecular complexity index is 800. The van der Waals surface area contributed by atoms with Gasteiger partial charge in [0.25, 0.3) is 0 Å². The summed E-state index contributed by atoms with van der Waals surface area (Å²) < 4.78 is 14.5. The van der Waals surface area contributed by atoms with Crippen molar-refractivity contribution in [1.29, 1.82) is 0 Å². The van der Waals surface area contributed by atoms with Crippen LogP contribution in [-0.2, 0) is 11.4 Å². The minimum atomic E-state index is -0.299. The number of rotatable bonds is 4. The van der Waals surface area contributed by atoms with Crippen LogP contribution in [0.4, 0.5) is 4.39 Å². The van der Waals surface area contributed by atoms with E-state index in [1.54, 1.807) is 24.4 Å². The fourth-order valence-electron chi connectivity index (χ4n) is 1.92. The first-order valence-electron chi connectivity index (χ1n) is 6.31. The molecule has 5 heteroatoms. The van der Waals surface area contributed by atoms with Crippen molar-refractivity contribution >= 4 is 39.2 Å². The average molecular weight is 320 g/mol. The number of thiophene rings is 1. The fourth-order valence-corrected chi connectivity index (χ4v) is 3.27. The predicted octanol–water partition coefficient (Wildman–Crippen LogP) is 5.24. The largest absolute Gasteiger partial charge is 0.391 e. The summed E-state index contributed by atoms with van der Waals surface area (Å²) in [5.41, 5.74) is 0.470. The van der Waals surface area contributed by atoms with E-state index in [1.807, 2.05) is 24.3 Å². The second kappa shape index (κ2) is 6.24. The Kier molecular flexibility index (Phi) is 4.18. The van der Waals surface area contributed by atoms with Crippen molar-refractivity contribution in [2.45, 2.75) is 6.61 Å². The Labute approximate surface area is 130 Å². The molecule has 0 aliphatic carbocycles. The summed E-state index contributed by atoms with van der Waals surface area (Å²) in [5.74, 6) is -0.299. The lowest BCUT2D eigenvalue weighted by Gasteiger charge is -2.00. The molecule has 106 valence electrons. The van der Waals surface area contributed by atoms with Gasteiger partial charge in [-0.05, 0) is 12.1 Å². The van der Waals surface area contributed by atoms with Gasteiger partial charge in [-0.15, -0.1) is 11.3 Å². The van der Waals surface area contributed by atoms with Crippen molar-refractivity contribution in [3.05, 3.63) is 69.8 Å². The molecule has 3 rings (SSSR count). The van der Waals surface area contributed by atoms with Crippen LogP contribution in [0.25, 0.3) is 10.1 Å². The Morgan fingerprint density at radius 3 is 2.71 bits per heavy atom. The molecule has 0 unspecified atom stereocenters. The molecule has 0 radical (unpaired) electrons. The van der Waals surface area contributed by atoms with Gasteiger partial charge in [0.1, 0.15) is 12.4 Å². The first kappa shape index (κ1) is 14.0. The molecule has 2 aromatic carbocycles. The molecule has 0 saturated carbocycles. The van der Waals surface area contributed by atoms with Crippen LogP contribution in [0.2, 0.25) is 5.02 Å². The van der Waals surface area contributed by atoms with Crippen LogP contribution in [0, 0.1) is 5.82 Å². The van der Waals surface area contributed by atoms with E-state index in [1.165, 1.54) is 17.4 Å². The first-order valence-corrected chi connectivity index (χ1v) is 7.51. The summed E-state index contributed by atoms with van der Waals surface area (Å²) in [4.78, 5) is 5.96. The Morgan fingerprint density at radius 1 is 1.14 bits per heavy atom. The van der Waals surface area contributed by atoms with Crippen molar-refractivity contribution in [1.82, 2.24) is 0 Å². The maximum atomic E-state index is 13.4. The van der Waals surface area contributed by atoms with E-state index in [4.69, 9.17) is 16.4 Å². The van der Waals surface area contributed by atoms with Crippen LogP contribution < -0.4 is 0 Å². The molecule has 0 N–H and O–H groups in total. The third-order valence-corrected chi connectivity index (χ3v) is 4.61. The maximum absolute atomic E-state index is 13.4. The van der Waals surface area contributed by atoms with Crippen molar-refractivity contribution in [3.63, 3.8) is 0 Å². The molecule has 2 nitrogen and oxygen atoms in total. The SMILES string of the molecule is Fc1ccccc1CO/N=C\c1sc2ccccc2c1Cl. The lowest BCUT2D eigenvalue weighted by molar-refractivity contribution is 0.129. The summed E-state index contributed by atoms with van der Waals surface area (Å²) in [6.45, 7) is 0.0890. The van der Waals surface area contributed by atoms with E-state index in [9.17, 15) is 4.39 Å². The van der Waals surface area contributed by atoms with Gasteiger partial charge in [-0.25, -0.2) is 4.39 Å². The second-order valence-electron chi connectivity index (χ2n) is 4.38. The van der Waals surface area contributed by atoms with Crippen molar-refractivity contribution < 1.29 is 9.23 Å². The highest BCUT2D eigenvalue weighted by Crippen LogP contribution is 2.33. The Balaban J connectivity index is 1.71. The van der Waals surface area contributed by atoms with Crippen LogP contribution in [-0.4, -0.2) is 6.21 Å². The van der Waals surface area contributed by atoms with Crippen LogP contribution in [0.3, 0.4) is 0 Å². The lowest BCUT2D eigenvalue weighted by atomic mass is 10.2. The molecule has 1 heterocycles. The zero-order valence-corrected chi connectivity index (χ0v) is 12.5. The highest BCUT2D eigenvalue weighted by molar-refractivity contribution is 7.21. The van der Waals surface area contributed by atoms with Gasteiger partial charge in [0, 0.05) is 15.6 Å². The topological polar surface area (TPSA) is 21.6 Å². The van der Waals surface area contributed by atoms with E-state index in [0.717, 1.165) is 15.0 Å². The van der Waals surface area contributed by atoms with Gasteiger partial charge in [0.2, 0.25) is 0 Å². The molecule has 0 amide bonds. The highest BCUT2D eigenvalue weighted by Gasteiger charge is 2.07. The maximum Gasteiger partial charge on any atom is 0.145 e. The van der Waals surface area contributed by atoms with Gasteiger partial charge in [-0.1, -0.05) is 53.2 Å². The molecule has 3 aromatic rings. The normalized spacial score (nSPS) is 11.3. The number of benzene rings is 2.